The number of sulfonamides is 1. The molecule has 0 fully saturated rings. The summed E-state index contributed by atoms with van der Waals surface area (Å²) >= 11 is 0. The van der Waals surface area contributed by atoms with Gasteiger partial charge in [0.2, 0.25) is 15.9 Å². The Labute approximate surface area is 149 Å². The molecule has 134 valence electrons. The summed E-state index contributed by atoms with van der Waals surface area (Å²) in [5.41, 5.74) is 2.51. The largest absolute Gasteiger partial charge is 0.341 e. The van der Waals surface area contributed by atoms with Crippen molar-refractivity contribution in [2.24, 2.45) is 0 Å². The molecule has 5 nitrogen and oxygen atoms in total. The van der Waals surface area contributed by atoms with Crippen molar-refractivity contribution in [3.63, 3.8) is 0 Å². The highest BCUT2D eigenvalue weighted by Crippen LogP contribution is 2.22. The van der Waals surface area contributed by atoms with Gasteiger partial charge in [0.05, 0.1) is 11.9 Å². The molecule has 2 aromatic carbocycles. The van der Waals surface area contributed by atoms with E-state index in [4.69, 9.17) is 0 Å². The van der Waals surface area contributed by atoms with Gasteiger partial charge in [-0.2, -0.15) is 0 Å². The minimum Gasteiger partial charge on any atom is -0.341 e. The number of nitrogens with zero attached hydrogens (tertiary/aromatic N) is 2. The first-order chi connectivity index (χ1) is 11.8. The van der Waals surface area contributed by atoms with E-state index in [1.807, 2.05) is 49.4 Å². The summed E-state index contributed by atoms with van der Waals surface area (Å²) in [5.74, 6) is -0.0916. The van der Waals surface area contributed by atoms with Crippen LogP contribution in [0.4, 0.5) is 5.69 Å². The van der Waals surface area contributed by atoms with Gasteiger partial charge in [-0.1, -0.05) is 48.5 Å². The highest BCUT2D eigenvalue weighted by atomic mass is 32.2. The SMILES string of the molecule is Cc1ccccc1N(CCC(=O)N(C)Cc1ccccc1)S(C)(=O)=O. The van der Waals surface area contributed by atoms with E-state index in [1.54, 1.807) is 24.1 Å². The molecule has 0 heterocycles. The first kappa shape index (κ1) is 19.0. The molecule has 0 spiro atoms. The molecule has 0 aliphatic heterocycles. The van der Waals surface area contributed by atoms with Crippen molar-refractivity contribution >= 4 is 21.6 Å². The number of carbonyl (C=O) groups excluding carboxylic acids is 1. The van der Waals surface area contributed by atoms with Crippen LogP contribution in [-0.2, 0) is 21.4 Å². The zero-order valence-corrected chi connectivity index (χ0v) is 15.7. The third kappa shape index (κ3) is 5.32. The Bertz CT molecular complexity index is 820. The summed E-state index contributed by atoms with van der Waals surface area (Å²) in [6.07, 6.45) is 1.29. The fourth-order valence-electron chi connectivity index (χ4n) is 2.64. The van der Waals surface area contributed by atoms with E-state index < -0.39 is 10.0 Å². The third-order valence-corrected chi connectivity index (χ3v) is 5.18. The zero-order valence-electron chi connectivity index (χ0n) is 14.8. The number of rotatable bonds is 7. The predicted molar refractivity (Wildman–Crippen MR) is 101 cm³/mol. The molecule has 25 heavy (non-hydrogen) atoms. The van der Waals surface area contributed by atoms with E-state index in [0.717, 1.165) is 17.4 Å². The molecule has 0 aliphatic rings. The summed E-state index contributed by atoms with van der Waals surface area (Å²) in [6.45, 7) is 2.49. The second-order valence-corrected chi connectivity index (χ2v) is 8.01. The van der Waals surface area contributed by atoms with Crippen LogP contribution in [0, 0.1) is 6.92 Å². The van der Waals surface area contributed by atoms with Gasteiger partial charge in [-0.25, -0.2) is 8.42 Å². The van der Waals surface area contributed by atoms with Crippen LogP contribution in [0.2, 0.25) is 0 Å². The van der Waals surface area contributed by atoms with Crippen molar-refractivity contribution in [2.75, 3.05) is 24.2 Å². The smallest absolute Gasteiger partial charge is 0.232 e. The molecule has 0 bridgehead atoms. The van der Waals surface area contributed by atoms with Gasteiger partial charge in [-0.3, -0.25) is 9.10 Å². The normalized spacial score (nSPS) is 11.2. The lowest BCUT2D eigenvalue weighted by atomic mass is 10.2. The molecule has 0 aliphatic carbocycles. The van der Waals surface area contributed by atoms with Gasteiger partial charge in [0, 0.05) is 26.6 Å². The Hall–Kier alpha value is -2.34. The monoisotopic (exact) mass is 360 g/mol. The van der Waals surface area contributed by atoms with Gasteiger partial charge in [0.25, 0.3) is 0 Å². The summed E-state index contributed by atoms with van der Waals surface area (Å²) < 4.78 is 25.6. The highest BCUT2D eigenvalue weighted by molar-refractivity contribution is 7.92. The highest BCUT2D eigenvalue weighted by Gasteiger charge is 2.21. The summed E-state index contributed by atoms with van der Waals surface area (Å²) in [7, 11) is -1.73. The van der Waals surface area contributed by atoms with E-state index in [2.05, 4.69) is 0 Å². The maximum absolute atomic E-state index is 12.4. The standard InChI is InChI=1S/C19H24N2O3S/c1-16-9-7-8-12-18(16)21(25(3,23)24)14-13-19(22)20(2)15-17-10-5-4-6-11-17/h4-12H,13-15H2,1-3H3. The topological polar surface area (TPSA) is 57.7 Å². The lowest BCUT2D eigenvalue weighted by molar-refractivity contribution is -0.130. The lowest BCUT2D eigenvalue weighted by Gasteiger charge is -2.25. The van der Waals surface area contributed by atoms with Crippen molar-refractivity contribution in [2.45, 2.75) is 19.9 Å². The summed E-state index contributed by atoms with van der Waals surface area (Å²) in [6, 6.07) is 17.0. The summed E-state index contributed by atoms with van der Waals surface area (Å²) in [4.78, 5) is 14.0. The Morgan fingerprint density at radius 1 is 1.00 bits per heavy atom. The third-order valence-electron chi connectivity index (χ3n) is 4.00. The molecule has 0 radical (unpaired) electrons. The van der Waals surface area contributed by atoms with Crippen LogP contribution < -0.4 is 4.31 Å². The van der Waals surface area contributed by atoms with Crippen LogP contribution >= 0.6 is 0 Å². The van der Waals surface area contributed by atoms with Crippen LogP contribution in [0.3, 0.4) is 0 Å². The number of amides is 1. The summed E-state index contributed by atoms with van der Waals surface area (Å²) in [5, 5.41) is 0. The Kier molecular flexibility index (Phi) is 6.20. The van der Waals surface area contributed by atoms with Gasteiger partial charge in [-0.05, 0) is 24.1 Å². The van der Waals surface area contributed by atoms with E-state index in [9.17, 15) is 13.2 Å². The van der Waals surface area contributed by atoms with Gasteiger partial charge in [-0.15, -0.1) is 0 Å². The van der Waals surface area contributed by atoms with Crippen LogP contribution in [-0.4, -0.2) is 39.1 Å². The predicted octanol–water partition coefficient (Wildman–Crippen LogP) is 2.81. The minimum absolute atomic E-state index is 0.0916. The minimum atomic E-state index is -3.46. The van der Waals surface area contributed by atoms with E-state index >= 15 is 0 Å². The second-order valence-electron chi connectivity index (χ2n) is 6.11. The number of hydrogen-bond donors (Lipinski definition) is 0. The van der Waals surface area contributed by atoms with Crippen LogP contribution in [0.1, 0.15) is 17.5 Å². The molecule has 0 saturated carbocycles. The molecule has 1 amide bonds. The quantitative estimate of drug-likeness (QED) is 0.763. The van der Waals surface area contributed by atoms with Crippen molar-refractivity contribution in [1.29, 1.82) is 0 Å². The number of aryl methyl sites for hydroxylation is 1. The molecule has 6 heteroatoms. The molecule has 0 saturated heterocycles. The van der Waals surface area contributed by atoms with Gasteiger partial charge < -0.3 is 4.90 Å². The molecular weight excluding hydrogens is 336 g/mol. The second kappa shape index (κ2) is 8.16. The van der Waals surface area contributed by atoms with Crippen LogP contribution in [0.5, 0.6) is 0 Å². The lowest BCUT2D eigenvalue weighted by Crippen LogP contribution is -2.35. The maximum Gasteiger partial charge on any atom is 0.232 e. The van der Waals surface area contributed by atoms with Gasteiger partial charge in [0.1, 0.15) is 0 Å². The number of anilines is 1. The first-order valence-corrected chi connectivity index (χ1v) is 9.95. The Morgan fingerprint density at radius 3 is 2.20 bits per heavy atom. The van der Waals surface area contributed by atoms with E-state index in [0.29, 0.717) is 12.2 Å². The van der Waals surface area contributed by atoms with Crippen molar-refractivity contribution in [1.82, 2.24) is 4.90 Å². The van der Waals surface area contributed by atoms with Crippen molar-refractivity contribution in [3.05, 3.63) is 65.7 Å². The Morgan fingerprint density at radius 2 is 1.60 bits per heavy atom. The van der Waals surface area contributed by atoms with Crippen molar-refractivity contribution in [3.8, 4) is 0 Å². The fourth-order valence-corrected chi connectivity index (χ4v) is 3.63. The van der Waals surface area contributed by atoms with Gasteiger partial charge >= 0.3 is 0 Å². The molecule has 0 N–H and O–H groups in total. The van der Waals surface area contributed by atoms with E-state index in [-0.39, 0.29) is 18.9 Å². The number of carbonyl (C=O) groups is 1. The molecule has 2 aromatic rings. The number of hydrogen-bond acceptors (Lipinski definition) is 3. The molecule has 2 rings (SSSR count). The van der Waals surface area contributed by atoms with E-state index in [1.165, 1.54) is 4.31 Å². The van der Waals surface area contributed by atoms with Gasteiger partial charge in [0.15, 0.2) is 0 Å². The average molecular weight is 360 g/mol. The zero-order chi connectivity index (χ0) is 18.4. The number of benzene rings is 2. The maximum atomic E-state index is 12.4. The Balaban J connectivity index is 2.05. The number of para-hydroxylation sites is 1. The molecule has 0 aromatic heterocycles. The van der Waals surface area contributed by atoms with Crippen LogP contribution in [0.15, 0.2) is 54.6 Å². The average Bonchev–Trinajstić information content (AvgIpc) is 2.56. The molecular formula is C19H24N2O3S. The first-order valence-electron chi connectivity index (χ1n) is 8.10. The van der Waals surface area contributed by atoms with Crippen molar-refractivity contribution < 1.29 is 13.2 Å². The van der Waals surface area contributed by atoms with Crippen LogP contribution in [0.25, 0.3) is 0 Å². The molecule has 0 unspecified atom stereocenters. The molecule has 0 atom stereocenters. The fraction of sp³-hybridized carbons (Fsp3) is 0.316.